The summed E-state index contributed by atoms with van der Waals surface area (Å²) < 4.78 is 1.78. The van der Waals surface area contributed by atoms with E-state index < -0.39 is 5.91 Å². The van der Waals surface area contributed by atoms with Gasteiger partial charge in [0.2, 0.25) is 5.95 Å². The Labute approximate surface area is 161 Å². The molecule has 2 heterocycles. The van der Waals surface area contributed by atoms with Gasteiger partial charge in [0, 0.05) is 30.5 Å². The Morgan fingerprint density at radius 3 is 2.89 bits per heavy atom. The van der Waals surface area contributed by atoms with Crippen molar-refractivity contribution in [2.24, 2.45) is 5.73 Å². The van der Waals surface area contributed by atoms with Crippen LogP contribution in [0.3, 0.4) is 0 Å². The van der Waals surface area contributed by atoms with Crippen molar-refractivity contribution in [2.75, 3.05) is 17.2 Å². The Bertz CT molecular complexity index is 941. The number of benzene rings is 1. The number of nitrogens with two attached hydrogens (primary N) is 1. The fourth-order valence-electron chi connectivity index (χ4n) is 2.50. The highest BCUT2D eigenvalue weighted by atomic mass is 35.5. The molecular formula is C18H20ClN7O. The summed E-state index contributed by atoms with van der Waals surface area (Å²) >= 11 is 6.00. The molecule has 140 valence electrons. The summed E-state index contributed by atoms with van der Waals surface area (Å²) in [5.41, 5.74) is 7.50. The van der Waals surface area contributed by atoms with Crippen LogP contribution >= 0.6 is 11.6 Å². The second kappa shape index (κ2) is 8.50. The first-order chi connectivity index (χ1) is 13.0. The fourth-order valence-corrected chi connectivity index (χ4v) is 2.72. The lowest BCUT2D eigenvalue weighted by Gasteiger charge is -2.11. The van der Waals surface area contributed by atoms with Crippen molar-refractivity contribution in [3.8, 4) is 0 Å². The number of carbonyl (C=O) groups excluding carboxylic acids is 1. The number of aryl methyl sites for hydroxylation is 1. The molecule has 8 nitrogen and oxygen atoms in total. The fraction of sp³-hybridized carbons (Fsp3) is 0.222. The first-order valence-electron chi connectivity index (χ1n) is 8.50. The summed E-state index contributed by atoms with van der Waals surface area (Å²) in [5, 5.41) is 11.1. The van der Waals surface area contributed by atoms with Crippen LogP contribution in [0.5, 0.6) is 0 Å². The van der Waals surface area contributed by atoms with Gasteiger partial charge in [-0.1, -0.05) is 23.7 Å². The molecule has 0 spiro atoms. The number of halogens is 1. The molecule has 0 bridgehead atoms. The van der Waals surface area contributed by atoms with Gasteiger partial charge in [-0.3, -0.25) is 9.48 Å². The molecular weight excluding hydrogens is 366 g/mol. The summed E-state index contributed by atoms with van der Waals surface area (Å²) in [6.45, 7) is 3.32. The molecule has 9 heteroatoms. The number of hydrogen-bond acceptors (Lipinski definition) is 6. The molecule has 0 fully saturated rings. The number of amides is 1. The lowest BCUT2D eigenvalue weighted by atomic mass is 10.1. The molecule has 2 aromatic heterocycles. The van der Waals surface area contributed by atoms with E-state index >= 15 is 0 Å². The van der Waals surface area contributed by atoms with Gasteiger partial charge in [0.15, 0.2) is 0 Å². The van der Waals surface area contributed by atoms with E-state index in [0.29, 0.717) is 23.3 Å². The molecule has 0 aliphatic heterocycles. The van der Waals surface area contributed by atoms with Crippen molar-refractivity contribution in [1.82, 2.24) is 19.7 Å². The lowest BCUT2D eigenvalue weighted by Crippen LogP contribution is -2.18. The number of primary amides is 1. The highest BCUT2D eigenvalue weighted by Gasteiger charge is 2.12. The van der Waals surface area contributed by atoms with E-state index in [9.17, 15) is 4.79 Å². The highest BCUT2D eigenvalue weighted by Crippen LogP contribution is 2.17. The minimum absolute atomic E-state index is 0.232. The van der Waals surface area contributed by atoms with Crippen molar-refractivity contribution in [3.63, 3.8) is 0 Å². The number of nitrogens with one attached hydrogen (secondary N) is 2. The van der Waals surface area contributed by atoms with Crippen LogP contribution < -0.4 is 16.4 Å². The van der Waals surface area contributed by atoms with Crippen LogP contribution in [0.4, 0.5) is 17.5 Å². The molecule has 3 aromatic rings. The highest BCUT2D eigenvalue weighted by molar-refractivity contribution is 6.30. The molecule has 0 unspecified atom stereocenters. The largest absolute Gasteiger partial charge is 0.369 e. The normalized spacial score (nSPS) is 10.6. The van der Waals surface area contributed by atoms with E-state index in [1.54, 1.807) is 10.9 Å². The molecule has 4 N–H and O–H groups in total. The summed E-state index contributed by atoms with van der Waals surface area (Å²) in [6.07, 6.45) is 5.65. The average Bonchev–Trinajstić information content (AvgIpc) is 3.09. The Kier molecular flexibility index (Phi) is 5.87. The maximum Gasteiger partial charge on any atom is 0.254 e. The minimum atomic E-state index is -0.592. The predicted molar refractivity (Wildman–Crippen MR) is 105 cm³/mol. The van der Waals surface area contributed by atoms with Gasteiger partial charge in [0.05, 0.1) is 17.4 Å². The Balaban J connectivity index is 1.72. The number of aromatic nitrogens is 4. The second-order valence-corrected chi connectivity index (χ2v) is 6.27. The number of rotatable bonds is 8. The van der Waals surface area contributed by atoms with Gasteiger partial charge in [0.25, 0.3) is 5.91 Å². The van der Waals surface area contributed by atoms with Gasteiger partial charge < -0.3 is 16.4 Å². The standard InChI is InChI=1S/C18H20ClN7O/c1-2-26-11-14(9-23-26)24-18-22-10-15(16(20)27)17(25-18)21-7-6-12-4-3-5-13(19)8-12/h3-5,8-11H,2,6-7H2,1H3,(H2,20,27)(H2,21,22,24,25). The summed E-state index contributed by atoms with van der Waals surface area (Å²) in [4.78, 5) is 20.2. The van der Waals surface area contributed by atoms with Gasteiger partial charge in [0.1, 0.15) is 5.82 Å². The number of anilines is 3. The maximum atomic E-state index is 11.7. The third-order valence-electron chi connectivity index (χ3n) is 3.86. The van der Waals surface area contributed by atoms with E-state index in [2.05, 4.69) is 25.7 Å². The Morgan fingerprint density at radius 2 is 2.19 bits per heavy atom. The lowest BCUT2D eigenvalue weighted by molar-refractivity contribution is 0.100. The van der Waals surface area contributed by atoms with Gasteiger partial charge in [-0.2, -0.15) is 10.1 Å². The number of carbonyl (C=O) groups is 1. The molecule has 0 saturated carbocycles. The molecule has 0 aliphatic carbocycles. The van der Waals surface area contributed by atoms with Crippen molar-refractivity contribution in [1.29, 1.82) is 0 Å². The van der Waals surface area contributed by atoms with Crippen molar-refractivity contribution >= 4 is 35.0 Å². The average molecular weight is 386 g/mol. The van der Waals surface area contributed by atoms with Crippen LogP contribution in [0, 0.1) is 0 Å². The van der Waals surface area contributed by atoms with Crippen LogP contribution in [0.2, 0.25) is 5.02 Å². The van der Waals surface area contributed by atoms with E-state index in [1.165, 1.54) is 6.20 Å². The summed E-state index contributed by atoms with van der Waals surface area (Å²) in [5.74, 6) is 0.136. The number of hydrogen-bond donors (Lipinski definition) is 3. The van der Waals surface area contributed by atoms with Crippen LogP contribution in [0.25, 0.3) is 0 Å². The maximum absolute atomic E-state index is 11.7. The first-order valence-corrected chi connectivity index (χ1v) is 8.87. The Hall–Kier alpha value is -3.13. The van der Waals surface area contributed by atoms with Crippen LogP contribution in [-0.4, -0.2) is 32.2 Å². The predicted octanol–water partition coefficient (Wildman–Crippen LogP) is 2.84. The molecule has 0 aliphatic rings. The van der Waals surface area contributed by atoms with Gasteiger partial charge in [-0.25, -0.2) is 4.98 Å². The van der Waals surface area contributed by atoms with Crippen LogP contribution in [-0.2, 0) is 13.0 Å². The second-order valence-electron chi connectivity index (χ2n) is 5.84. The third-order valence-corrected chi connectivity index (χ3v) is 4.10. The topological polar surface area (TPSA) is 111 Å². The SMILES string of the molecule is CCn1cc(Nc2ncc(C(N)=O)c(NCCc3cccc(Cl)c3)n2)cn1. The van der Waals surface area contributed by atoms with E-state index in [-0.39, 0.29) is 5.56 Å². The van der Waals surface area contributed by atoms with Gasteiger partial charge in [-0.05, 0) is 31.0 Å². The minimum Gasteiger partial charge on any atom is -0.369 e. The number of nitrogens with zero attached hydrogens (tertiary/aromatic N) is 4. The zero-order chi connectivity index (χ0) is 19.2. The molecule has 0 radical (unpaired) electrons. The van der Waals surface area contributed by atoms with E-state index in [4.69, 9.17) is 17.3 Å². The molecule has 27 heavy (non-hydrogen) atoms. The first kappa shape index (κ1) is 18.7. The Morgan fingerprint density at radius 1 is 1.33 bits per heavy atom. The van der Waals surface area contributed by atoms with E-state index in [1.807, 2.05) is 37.4 Å². The zero-order valence-electron chi connectivity index (χ0n) is 14.8. The van der Waals surface area contributed by atoms with Crippen molar-refractivity contribution in [3.05, 3.63) is 59.0 Å². The van der Waals surface area contributed by atoms with Crippen molar-refractivity contribution < 1.29 is 4.79 Å². The third kappa shape index (κ3) is 4.95. The molecule has 1 amide bonds. The zero-order valence-corrected chi connectivity index (χ0v) is 15.6. The molecule has 0 saturated heterocycles. The molecule has 3 rings (SSSR count). The smallest absolute Gasteiger partial charge is 0.254 e. The van der Waals surface area contributed by atoms with Gasteiger partial charge >= 0.3 is 0 Å². The monoisotopic (exact) mass is 385 g/mol. The quantitative estimate of drug-likeness (QED) is 0.549. The summed E-state index contributed by atoms with van der Waals surface area (Å²) in [7, 11) is 0. The van der Waals surface area contributed by atoms with Crippen LogP contribution in [0.1, 0.15) is 22.8 Å². The van der Waals surface area contributed by atoms with E-state index in [0.717, 1.165) is 24.2 Å². The van der Waals surface area contributed by atoms with Crippen molar-refractivity contribution in [2.45, 2.75) is 19.9 Å². The van der Waals surface area contributed by atoms with Gasteiger partial charge in [-0.15, -0.1) is 0 Å². The molecule has 1 aromatic carbocycles. The summed E-state index contributed by atoms with van der Waals surface area (Å²) in [6, 6.07) is 7.61. The molecule has 0 atom stereocenters. The van der Waals surface area contributed by atoms with Crippen LogP contribution in [0.15, 0.2) is 42.9 Å².